The maximum absolute atomic E-state index is 13.1. The number of nitrogens with one attached hydrogen (secondary N) is 1. The molecule has 1 N–H and O–H groups in total. The van der Waals surface area contributed by atoms with Gasteiger partial charge in [-0.25, -0.2) is 4.98 Å². The van der Waals surface area contributed by atoms with Crippen LogP contribution >= 0.6 is 24.0 Å². The molecule has 2 aromatic heterocycles. The van der Waals surface area contributed by atoms with Gasteiger partial charge >= 0.3 is 0 Å². The summed E-state index contributed by atoms with van der Waals surface area (Å²) in [6, 6.07) is 5.32. The molecule has 1 aliphatic rings. The Morgan fingerprint density at radius 3 is 2.79 bits per heavy atom. The highest BCUT2D eigenvalue weighted by Gasteiger charge is 2.32. The fourth-order valence-corrected chi connectivity index (χ4v) is 4.12. The fourth-order valence-electron chi connectivity index (χ4n) is 2.83. The number of ether oxygens (including phenoxy) is 2. The van der Waals surface area contributed by atoms with Crippen molar-refractivity contribution in [2.24, 2.45) is 0 Å². The number of aromatic nitrogens is 2. The highest BCUT2D eigenvalue weighted by molar-refractivity contribution is 8.26. The van der Waals surface area contributed by atoms with Crippen LogP contribution in [0, 0.1) is 0 Å². The van der Waals surface area contributed by atoms with Crippen LogP contribution < -0.4 is 10.9 Å². The molecule has 0 unspecified atom stereocenters. The predicted molar refractivity (Wildman–Crippen MR) is 118 cm³/mol. The number of carbonyl (C=O) groups is 1. The van der Waals surface area contributed by atoms with E-state index in [1.165, 1.54) is 21.1 Å². The van der Waals surface area contributed by atoms with Gasteiger partial charge in [0.1, 0.15) is 15.8 Å². The second-order valence-corrected chi connectivity index (χ2v) is 7.88. The summed E-state index contributed by atoms with van der Waals surface area (Å²) in [5, 5.41) is 3.12. The van der Waals surface area contributed by atoms with Crippen LogP contribution in [0.5, 0.6) is 0 Å². The van der Waals surface area contributed by atoms with E-state index in [4.69, 9.17) is 21.7 Å². The largest absolute Gasteiger partial charge is 0.385 e. The zero-order chi connectivity index (χ0) is 20.8. The maximum atomic E-state index is 13.1. The van der Waals surface area contributed by atoms with Gasteiger partial charge in [0.05, 0.1) is 17.1 Å². The molecule has 0 bridgehead atoms. The topological polar surface area (TPSA) is 85.2 Å². The van der Waals surface area contributed by atoms with Gasteiger partial charge in [0.25, 0.3) is 11.5 Å². The molecule has 0 radical (unpaired) electrons. The lowest BCUT2D eigenvalue weighted by atomic mass is 10.2. The minimum Gasteiger partial charge on any atom is -0.385 e. The number of hydrogen-bond acceptors (Lipinski definition) is 8. The van der Waals surface area contributed by atoms with Crippen molar-refractivity contribution in [3.63, 3.8) is 0 Å². The van der Waals surface area contributed by atoms with Crippen LogP contribution in [0.25, 0.3) is 11.7 Å². The van der Waals surface area contributed by atoms with E-state index in [1.807, 2.05) is 6.07 Å². The molecule has 1 aliphatic heterocycles. The molecule has 1 fully saturated rings. The Balaban J connectivity index is 1.98. The van der Waals surface area contributed by atoms with Gasteiger partial charge in [0.2, 0.25) is 0 Å². The van der Waals surface area contributed by atoms with Gasteiger partial charge in [-0.2, -0.15) is 0 Å². The molecule has 0 spiro atoms. The van der Waals surface area contributed by atoms with E-state index in [9.17, 15) is 9.59 Å². The first-order chi connectivity index (χ1) is 14.1. The molecule has 29 heavy (non-hydrogen) atoms. The number of carbonyl (C=O) groups excluding carboxylic acids is 1. The van der Waals surface area contributed by atoms with Crippen molar-refractivity contribution >= 4 is 51.7 Å². The van der Waals surface area contributed by atoms with Gasteiger partial charge in [-0.3, -0.25) is 18.9 Å². The van der Waals surface area contributed by atoms with Crippen LogP contribution in [0.15, 0.2) is 34.1 Å². The third-order valence-corrected chi connectivity index (χ3v) is 5.62. The highest BCUT2D eigenvalue weighted by atomic mass is 32.2. The average molecular weight is 435 g/mol. The van der Waals surface area contributed by atoms with Gasteiger partial charge in [-0.1, -0.05) is 30.0 Å². The van der Waals surface area contributed by atoms with E-state index in [0.29, 0.717) is 59.0 Å². The SMILES string of the molecule is COCCCN1C(=O)/C(=C/c2c(NCCOC)nc3ccccn3c2=O)SC1=S. The lowest BCUT2D eigenvalue weighted by molar-refractivity contribution is -0.122. The zero-order valence-corrected chi connectivity index (χ0v) is 17.8. The van der Waals surface area contributed by atoms with Crippen molar-refractivity contribution in [2.75, 3.05) is 45.8 Å². The summed E-state index contributed by atoms with van der Waals surface area (Å²) >= 11 is 6.53. The van der Waals surface area contributed by atoms with Gasteiger partial charge in [0.15, 0.2) is 0 Å². The number of thioether (sulfide) groups is 1. The number of hydrogen-bond donors (Lipinski definition) is 1. The first-order valence-electron chi connectivity index (χ1n) is 9.05. The first-order valence-corrected chi connectivity index (χ1v) is 10.3. The molecule has 0 saturated carbocycles. The number of anilines is 1. The van der Waals surface area contributed by atoms with E-state index in [-0.39, 0.29) is 11.5 Å². The summed E-state index contributed by atoms with van der Waals surface area (Å²) in [7, 11) is 3.21. The standard InChI is InChI=1S/C19H22N4O4S2/c1-26-10-5-9-23-18(25)14(29-19(23)28)12-13-16(20-7-11-27-2)21-15-6-3-4-8-22(15)17(13)24/h3-4,6,8,12,20H,5,7,9-11H2,1-2H3/b14-12-. The minimum absolute atomic E-state index is 0.212. The summed E-state index contributed by atoms with van der Waals surface area (Å²) in [5.41, 5.74) is 0.559. The lowest BCUT2D eigenvalue weighted by Crippen LogP contribution is -2.29. The van der Waals surface area contributed by atoms with Crippen molar-refractivity contribution in [1.82, 2.24) is 14.3 Å². The summed E-state index contributed by atoms with van der Waals surface area (Å²) in [6.45, 7) is 1.95. The quantitative estimate of drug-likeness (QED) is 0.364. The maximum Gasteiger partial charge on any atom is 0.267 e. The van der Waals surface area contributed by atoms with Gasteiger partial charge < -0.3 is 14.8 Å². The molecular weight excluding hydrogens is 412 g/mol. The fraction of sp³-hybridized carbons (Fsp3) is 0.368. The smallest absolute Gasteiger partial charge is 0.267 e. The molecule has 0 aromatic carbocycles. The third-order valence-electron chi connectivity index (χ3n) is 4.25. The van der Waals surface area contributed by atoms with E-state index >= 15 is 0 Å². The number of fused-ring (bicyclic) bond motifs is 1. The lowest BCUT2D eigenvalue weighted by Gasteiger charge is -2.13. The van der Waals surface area contributed by atoms with E-state index < -0.39 is 0 Å². The van der Waals surface area contributed by atoms with Crippen molar-refractivity contribution in [2.45, 2.75) is 6.42 Å². The Kier molecular flexibility index (Phi) is 7.37. The Morgan fingerprint density at radius 1 is 1.24 bits per heavy atom. The first kappa shape index (κ1) is 21.4. The molecule has 154 valence electrons. The van der Waals surface area contributed by atoms with Gasteiger partial charge in [-0.05, 0) is 24.6 Å². The Hall–Kier alpha value is -2.27. The van der Waals surface area contributed by atoms with E-state index in [0.717, 1.165) is 0 Å². The molecule has 8 nitrogen and oxygen atoms in total. The highest BCUT2D eigenvalue weighted by Crippen LogP contribution is 2.33. The molecule has 2 aromatic rings. The summed E-state index contributed by atoms with van der Waals surface area (Å²) in [5.74, 6) is 0.194. The van der Waals surface area contributed by atoms with Crippen LogP contribution in [0.4, 0.5) is 5.82 Å². The van der Waals surface area contributed by atoms with Gasteiger partial charge in [0, 0.05) is 40.1 Å². The third kappa shape index (κ3) is 4.84. The summed E-state index contributed by atoms with van der Waals surface area (Å²) in [4.78, 5) is 32.4. The molecule has 1 saturated heterocycles. The number of methoxy groups -OCH3 is 2. The molecule has 0 atom stereocenters. The number of thiocarbonyl (C=S) groups is 1. The van der Waals surface area contributed by atoms with Crippen LogP contribution in [-0.2, 0) is 14.3 Å². The summed E-state index contributed by atoms with van der Waals surface area (Å²) < 4.78 is 12.0. The zero-order valence-electron chi connectivity index (χ0n) is 16.2. The van der Waals surface area contributed by atoms with Crippen LogP contribution in [0.1, 0.15) is 12.0 Å². The number of pyridine rings is 1. The molecule has 3 heterocycles. The normalized spacial score (nSPS) is 15.7. The Labute approximate surface area is 177 Å². The Bertz CT molecular complexity index is 1010. The van der Waals surface area contributed by atoms with E-state index in [2.05, 4.69) is 10.3 Å². The Morgan fingerprint density at radius 2 is 2.03 bits per heavy atom. The molecule has 10 heteroatoms. The summed E-state index contributed by atoms with van der Waals surface area (Å²) in [6.07, 6.45) is 3.90. The molecular formula is C19H22N4O4S2. The van der Waals surface area contributed by atoms with Crippen molar-refractivity contribution in [3.05, 3.63) is 45.2 Å². The number of nitrogens with zero attached hydrogens (tertiary/aromatic N) is 3. The van der Waals surface area contributed by atoms with Gasteiger partial charge in [-0.15, -0.1) is 0 Å². The number of amides is 1. The second kappa shape index (κ2) is 9.97. The molecule has 0 aliphatic carbocycles. The number of rotatable bonds is 9. The van der Waals surface area contributed by atoms with Crippen LogP contribution in [0.3, 0.4) is 0 Å². The monoisotopic (exact) mass is 434 g/mol. The molecule has 1 amide bonds. The predicted octanol–water partition coefficient (Wildman–Crippen LogP) is 1.99. The average Bonchev–Trinajstić information content (AvgIpc) is 2.98. The van der Waals surface area contributed by atoms with E-state index in [1.54, 1.807) is 38.6 Å². The second-order valence-electron chi connectivity index (χ2n) is 6.21. The van der Waals surface area contributed by atoms with Crippen molar-refractivity contribution in [3.8, 4) is 0 Å². The minimum atomic E-state index is -0.264. The molecule has 3 rings (SSSR count). The van der Waals surface area contributed by atoms with Crippen LogP contribution in [-0.4, -0.2) is 65.0 Å². The van der Waals surface area contributed by atoms with Crippen molar-refractivity contribution < 1.29 is 14.3 Å². The van der Waals surface area contributed by atoms with Crippen LogP contribution in [0.2, 0.25) is 0 Å². The van der Waals surface area contributed by atoms with Crippen molar-refractivity contribution in [1.29, 1.82) is 0 Å².